The zero-order valence-corrected chi connectivity index (χ0v) is 12.6. The Labute approximate surface area is 118 Å². The van der Waals surface area contributed by atoms with Crippen LogP contribution < -0.4 is 0 Å². The summed E-state index contributed by atoms with van der Waals surface area (Å²) < 4.78 is 13.7. The molecule has 0 bridgehead atoms. The van der Waals surface area contributed by atoms with Crippen LogP contribution in [0.25, 0.3) is 0 Å². The summed E-state index contributed by atoms with van der Waals surface area (Å²) in [7, 11) is 0. The Morgan fingerprint density at radius 1 is 1.50 bits per heavy atom. The third kappa shape index (κ3) is 3.61. The van der Waals surface area contributed by atoms with Crippen molar-refractivity contribution in [1.29, 1.82) is 0 Å². The highest BCUT2D eigenvalue weighted by atomic mass is 127. The molecule has 0 aromatic heterocycles. The van der Waals surface area contributed by atoms with Crippen molar-refractivity contribution in [2.75, 3.05) is 0 Å². The van der Waals surface area contributed by atoms with E-state index >= 15 is 0 Å². The summed E-state index contributed by atoms with van der Waals surface area (Å²) in [5, 5.41) is 20.9. The van der Waals surface area contributed by atoms with Crippen molar-refractivity contribution in [3.63, 3.8) is 0 Å². The first-order chi connectivity index (χ1) is 8.12. The predicted molar refractivity (Wildman–Crippen MR) is 74.9 cm³/mol. The molecule has 1 atom stereocenters. The molecular weight excluding hydrogens is 352 g/mol. The summed E-state index contributed by atoms with van der Waals surface area (Å²) in [6.45, 7) is 5.48. The van der Waals surface area contributed by atoms with E-state index in [2.05, 4.69) is 0 Å². The molecule has 0 aliphatic rings. The molecule has 1 aromatic rings. The van der Waals surface area contributed by atoms with E-state index < -0.39 is 22.3 Å². The average molecular weight is 367 g/mol. The largest absolute Gasteiger partial charge is 0.392 e. The van der Waals surface area contributed by atoms with Gasteiger partial charge in [0, 0.05) is 18.1 Å². The van der Waals surface area contributed by atoms with Crippen LogP contribution in [0.2, 0.25) is 0 Å². The first-order valence-corrected chi connectivity index (χ1v) is 6.51. The molecule has 18 heavy (non-hydrogen) atoms. The van der Waals surface area contributed by atoms with Gasteiger partial charge in [0.05, 0.1) is 14.6 Å². The van der Waals surface area contributed by atoms with Crippen molar-refractivity contribution in [2.45, 2.75) is 33.3 Å². The first kappa shape index (κ1) is 15.3. The maximum atomic E-state index is 13.5. The number of rotatable bonds is 3. The number of nitrogens with zero attached hydrogens (tertiary/aromatic N) is 1. The predicted octanol–water partition coefficient (Wildman–Crippen LogP) is 3.29. The molecule has 4 nitrogen and oxygen atoms in total. The van der Waals surface area contributed by atoms with Gasteiger partial charge in [0.15, 0.2) is 0 Å². The number of aliphatic hydroxyl groups excluding tert-OH is 1. The van der Waals surface area contributed by atoms with Crippen LogP contribution in [-0.4, -0.2) is 16.1 Å². The Morgan fingerprint density at radius 3 is 2.50 bits per heavy atom. The standard InChI is InChI=1S/C12H15FINO3/c1-12(2,3)11(16)5-7-4-8(13)9(14)6-10(7)15(17)18/h4,6,11,16H,5H2,1-3H3. The molecule has 0 fully saturated rings. The van der Waals surface area contributed by atoms with Crippen molar-refractivity contribution >= 4 is 28.3 Å². The van der Waals surface area contributed by atoms with Crippen molar-refractivity contribution in [3.8, 4) is 0 Å². The molecule has 100 valence electrons. The third-order valence-electron chi connectivity index (χ3n) is 2.73. The van der Waals surface area contributed by atoms with Crippen LogP contribution in [0, 0.1) is 24.9 Å². The maximum Gasteiger partial charge on any atom is 0.273 e. The highest BCUT2D eigenvalue weighted by Crippen LogP contribution is 2.29. The second-order valence-electron chi connectivity index (χ2n) is 5.24. The molecule has 0 spiro atoms. The average Bonchev–Trinajstić information content (AvgIpc) is 2.21. The lowest BCUT2D eigenvalue weighted by atomic mass is 9.85. The Balaban J connectivity index is 3.15. The number of aliphatic hydroxyl groups is 1. The molecule has 0 aliphatic heterocycles. The smallest absolute Gasteiger partial charge is 0.273 e. The van der Waals surface area contributed by atoms with Gasteiger partial charge in [-0.25, -0.2) is 4.39 Å². The lowest BCUT2D eigenvalue weighted by Gasteiger charge is -2.25. The molecular formula is C12H15FINO3. The van der Waals surface area contributed by atoms with Crippen LogP contribution in [0.15, 0.2) is 12.1 Å². The minimum atomic E-state index is -0.768. The summed E-state index contributed by atoms with van der Waals surface area (Å²) in [4.78, 5) is 10.4. The monoisotopic (exact) mass is 367 g/mol. The van der Waals surface area contributed by atoms with E-state index in [1.807, 2.05) is 20.8 Å². The van der Waals surface area contributed by atoms with Gasteiger partial charge in [-0.3, -0.25) is 10.1 Å². The van der Waals surface area contributed by atoms with Crippen molar-refractivity contribution in [3.05, 3.63) is 37.2 Å². The minimum Gasteiger partial charge on any atom is -0.392 e. The molecule has 1 rings (SSSR count). The molecule has 0 saturated carbocycles. The highest BCUT2D eigenvalue weighted by Gasteiger charge is 2.26. The fourth-order valence-electron chi connectivity index (χ4n) is 1.43. The van der Waals surface area contributed by atoms with E-state index in [9.17, 15) is 19.6 Å². The zero-order valence-electron chi connectivity index (χ0n) is 10.4. The van der Waals surface area contributed by atoms with E-state index in [-0.39, 0.29) is 21.2 Å². The van der Waals surface area contributed by atoms with E-state index in [0.717, 1.165) is 6.07 Å². The van der Waals surface area contributed by atoms with Gasteiger partial charge in [-0.2, -0.15) is 0 Å². The molecule has 0 heterocycles. The topological polar surface area (TPSA) is 63.4 Å². The van der Waals surface area contributed by atoms with Crippen molar-refractivity contribution in [1.82, 2.24) is 0 Å². The fourth-order valence-corrected chi connectivity index (χ4v) is 1.88. The van der Waals surface area contributed by atoms with Crippen LogP contribution in [-0.2, 0) is 6.42 Å². The summed E-state index contributed by atoms with van der Waals surface area (Å²) in [5.74, 6) is -0.502. The van der Waals surface area contributed by atoms with Crippen LogP contribution in [0.4, 0.5) is 10.1 Å². The van der Waals surface area contributed by atoms with Gasteiger partial charge >= 0.3 is 0 Å². The Bertz CT molecular complexity index is 471. The van der Waals surface area contributed by atoms with Crippen LogP contribution in [0.3, 0.4) is 0 Å². The van der Waals surface area contributed by atoms with E-state index in [1.54, 1.807) is 22.6 Å². The van der Waals surface area contributed by atoms with E-state index in [1.165, 1.54) is 6.07 Å². The fraction of sp³-hybridized carbons (Fsp3) is 0.500. The quantitative estimate of drug-likeness (QED) is 0.507. The van der Waals surface area contributed by atoms with Gasteiger partial charge in [-0.1, -0.05) is 20.8 Å². The lowest BCUT2D eigenvalue weighted by molar-refractivity contribution is -0.385. The first-order valence-electron chi connectivity index (χ1n) is 5.43. The Kier molecular flexibility index (Phi) is 4.66. The van der Waals surface area contributed by atoms with Crippen molar-refractivity contribution in [2.24, 2.45) is 5.41 Å². The number of nitro groups is 1. The highest BCUT2D eigenvalue weighted by molar-refractivity contribution is 14.1. The van der Waals surface area contributed by atoms with Crippen LogP contribution >= 0.6 is 22.6 Å². The second-order valence-corrected chi connectivity index (χ2v) is 6.40. The Morgan fingerprint density at radius 2 is 2.06 bits per heavy atom. The van der Waals surface area contributed by atoms with Crippen molar-refractivity contribution < 1.29 is 14.4 Å². The summed E-state index contributed by atoms with van der Waals surface area (Å²) in [6, 6.07) is 2.33. The molecule has 1 aromatic carbocycles. The minimum absolute atomic E-state index is 0.0631. The third-order valence-corrected chi connectivity index (χ3v) is 3.56. The molecule has 0 saturated heterocycles. The van der Waals surface area contributed by atoms with Gasteiger partial charge in [-0.05, 0) is 34.1 Å². The summed E-state index contributed by atoms with van der Waals surface area (Å²) in [6.07, 6.45) is -0.705. The van der Waals surface area contributed by atoms with Crippen LogP contribution in [0.1, 0.15) is 26.3 Å². The SMILES string of the molecule is CC(C)(C)C(O)Cc1cc(F)c(I)cc1[N+](=O)[O-]. The van der Waals surface area contributed by atoms with Gasteiger partial charge in [0.1, 0.15) is 5.82 Å². The molecule has 0 amide bonds. The lowest BCUT2D eigenvalue weighted by Crippen LogP contribution is -2.28. The van der Waals surface area contributed by atoms with Crippen LogP contribution in [0.5, 0.6) is 0 Å². The number of benzene rings is 1. The van der Waals surface area contributed by atoms with Gasteiger partial charge < -0.3 is 5.11 Å². The number of nitro benzene ring substituents is 1. The van der Waals surface area contributed by atoms with E-state index in [4.69, 9.17) is 0 Å². The number of halogens is 2. The normalized spacial score (nSPS) is 13.4. The molecule has 1 N–H and O–H groups in total. The Hall–Kier alpha value is -0.760. The molecule has 0 aliphatic carbocycles. The molecule has 0 radical (unpaired) electrons. The second kappa shape index (κ2) is 5.48. The number of hydrogen-bond donors (Lipinski definition) is 1. The van der Waals surface area contributed by atoms with Gasteiger partial charge in [0.25, 0.3) is 5.69 Å². The van der Waals surface area contributed by atoms with Gasteiger partial charge in [-0.15, -0.1) is 0 Å². The molecule has 1 unspecified atom stereocenters. The summed E-state index contributed by atoms with van der Waals surface area (Å²) >= 11 is 1.71. The molecule has 6 heteroatoms. The zero-order chi connectivity index (χ0) is 14.1. The maximum absolute atomic E-state index is 13.5. The van der Waals surface area contributed by atoms with Gasteiger partial charge in [0.2, 0.25) is 0 Å². The van der Waals surface area contributed by atoms with E-state index in [0.29, 0.717) is 0 Å². The summed E-state index contributed by atoms with van der Waals surface area (Å²) in [5.41, 5.74) is -0.336. The number of hydrogen-bond acceptors (Lipinski definition) is 3.